The molecule has 0 aliphatic heterocycles. The van der Waals surface area contributed by atoms with Gasteiger partial charge in [0.15, 0.2) is 0 Å². The third-order valence-electron chi connectivity index (χ3n) is 0.831. The Kier molecular flexibility index (Phi) is 4.77. The molecule has 0 aliphatic rings. The topological polar surface area (TPSA) is 17.1 Å². The molecule has 0 saturated heterocycles. The summed E-state index contributed by atoms with van der Waals surface area (Å²) in [4.78, 5) is 0. The maximum atomic E-state index is 12.1. The van der Waals surface area contributed by atoms with Crippen molar-refractivity contribution in [2.75, 3.05) is 11.5 Å². The van der Waals surface area contributed by atoms with Crippen molar-refractivity contribution < 1.29 is 13.0 Å². The summed E-state index contributed by atoms with van der Waals surface area (Å²) in [5.41, 5.74) is 0. The van der Waals surface area contributed by atoms with Gasteiger partial charge in [0.25, 0.3) is 0 Å². The van der Waals surface area contributed by atoms with Gasteiger partial charge in [-0.05, 0) is 13.8 Å². The molecule has 0 aromatic rings. The number of alkyl halides is 2. The predicted molar refractivity (Wildman–Crippen MR) is 39.0 cm³/mol. The highest BCUT2D eigenvalue weighted by molar-refractivity contribution is 7.85. The molecule has 62 valence electrons. The summed E-state index contributed by atoms with van der Waals surface area (Å²) in [5, 5.41) is 0. The highest BCUT2D eigenvalue weighted by atomic mass is 32.2. The minimum atomic E-state index is -1.33. The molecule has 0 radical (unpaired) electrons. The first kappa shape index (κ1) is 10.0. The van der Waals surface area contributed by atoms with Crippen molar-refractivity contribution in [3.8, 4) is 0 Å². The van der Waals surface area contributed by atoms with Crippen LogP contribution in [-0.4, -0.2) is 28.1 Å². The first-order valence-electron chi connectivity index (χ1n) is 3.15. The molecule has 2 atom stereocenters. The van der Waals surface area contributed by atoms with Crippen LogP contribution in [-0.2, 0) is 10.8 Å². The van der Waals surface area contributed by atoms with Gasteiger partial charge in [-0.3, -0.25) is 4.21 Å². The molecule has 0 heterocycles. The molecule has 0 N–H and O–H groups in total. The Morgan fingerprint density at radius 1 is 1.20 bits per heavy atom. The van der Waals surface area contributed by atoms with Crippen LogP contribution >= 0.6 is 0 Å². The zero-order valence-electron chi connectivity index (χ0n) is 6.14. The first-order valence-corrected chi connectivity index (χ1v) is 4.64. The third-order valence-corrected chi connectivity index (χ3v) is 2.49. The van der Waals surface area contributed by atoms with Gasteiger partial charge in [-0.15, -0.1) is 0 Å². The van der Waals surface area contributed by atoms with Crippen molar-refractivity contribution in [1.29, 1.82) is 0 Å². The normalized spacial score (nSPS) is 20.0. The zero-order valence-corrected chi connectivity index (χ0v) is 6.96. The van der Waals surface area contributed by atoms with E-state index in [-0.39, 0.29) is 11.5 Å². The van der Waals surface area contributed by atoms with E-state index in [4.69, 9.17) is 0 Å². The number of halogens is 2. The van der Waals surface area contributed by atoms with E-state index in [1.165, 1.54) is 13.8 Å². The SMILES string of the molecule is CC(F)CS(=O)CC(C)F. The Bertz CT molecular complexity index is 102. The Hall–Kier alpha value is 0.01000. The summed E-state index contributed by atoms with van der Waals surface area (Å²) < 4.78 is 34.9. The van der Waals surface area contributed by atoms with Crippen LogP contribution in [0, 0.1) is 0 Å². The standard InChI is InChI=1S/C6H12F2OS/c1-5(7)3-10(9)4-6(2)8/h5-6H,3-4H2,1-2H3. The maximum Gasteiger partial charge on any atom is 0.109 e. The van der Waals surface area contributed by atoms with Gasteiger partial charge in [-0.25, -0.2) is 8.78 Å². The van der Waals surface area contributed by atoms with E-state index in [1.54, 1.807) is 0 Å². The van der Waals surface area contributed by atoms with Crippen molar-refractivity contribution >= 4 is 10.8 Å². The van der Waals surface area contributed by atoms with Crippen LogP contribution in [0.5, 0.6) is 0 Å². The highest BCUT2D eigenvalue weighted by Gasteiger charge is 2.08. The zero-order chi connectivity index (χ0) is 8.15. The van der Waals surface area contributed by atoms with Gasteiger partial charge in [0.2, 0.25) is 0 Å². The molecule has 0 spiro atoms. The third kappa shape index (κ3) is 6.13. The maximum absolute atomic E-state index is 12.1. The summed E-state index contributed by atoms with van der Waals surface area (Å²) in [6.45, 7) is 2.64. The summed E-state index contributed by atoms with van der Waals surface area (Å²) in [7, 11) is -1.33. The van der Waals surface area contributed by atoms with E-state index in [9.17, 15) is 13.0 Å². The minimum Gasteiger partial charge on any atom is -0.259 e. The average molecular weight is 170 g/mol. The molecule has 0 rings (SSSR count). The van der Waals surface area contributed by atoms with Crippen molar-refractivity contribution in [3.05, 3.63) is 0 Å². The molecule has 2 unspecified atom stereocenters. The summed E-state index contributed by atoms with van der Waals surface area (Å²) in [6.07, 6.45) is -2.20. The summed E-state index contributed by atoms with van der Waals surface area (Å²) in [5.74, 6) is -0.0947. The van der Waals surface area contributed by atoms with Gasteiger partial charge in [-0.1, -0.05) is 0 Å². The molecule has 0 aromatic heterocycles. The van der Waals surface area contributed by atoms with Crippen LogP contribution in [0.25, 0.3) is 0 Å². The predicted octanol–water partition coefficient (Wildman–Crippen LogP) is 1.45. The monoisotopic (exact) mass is 170 g/mol. The molecule has 0 saturated carbocycles. The van der Waals surface area contributed by atoms with Crippen molar-refractivity contribution in [3.63, 3.8) is 0 Å². The molecule has 4 heteroatoms. The molecule has 0 bridgehead atoms. The van der Waals surface area contributed by atoms with Gasteiger partial charge in [0.05, 0.1) is 11.5 Å². The molecule has 0 aromatic carbocycles. The van der Waals surface area contributed by atoms with Gasteiger partial charge in [-0.2, -0.15) is 0 Å². The number of hydrogen-bond donors (Lipinski definition) is 0. The lowest BCUT2D eigenvalue weighted by Gasteiger charge is -2.02. The van der Waals surface area contributed by atoms with E-state index in [1.807, 2.05) is 0 Å². The van der Waals surface area contributed by atoms with Gasteiger partial charge in [0.1, 0.15) is 12.3 Å². The largest absolute Gasteiger partial charge is 0.259 e. The van der Waals surface area contributed by atoms with Crippen LogP contribution in [0.1, 0.15) is 13.8 Å². The van der Waals surface area contributed by atoms with E-state index in [0.29, 0.717) is 0 Å². The average Bonchev–Trinajstić information content (AvgIpc) is 1.58. The van der Waals surface area contributed by atoms with Crippen molar-refractivity contribution in [2.24, 2.45) is 0 Å². The molecule has 0 amide bonds. The highest BCUT2D eigenvalue weighted by Crippen LogP contribution is 1.97. The van der Waals surface area contributed by atoms with Crippen LogP contribution in [0.15, 0.2) is 0 Å². The fraction of sp³-hybridized carbons (Fsp3) is 1.00. The minimum absolute atomic E-state index is 0.0474. The molecule has 0 fully saturated rings. The lowest BCUT2D eigenvalue weighted by atomic mass is 10.5. The molecule has 0 aliphatic carbocycles. The van der Waals surface area contributed by atoms with Crippen LogP contribution in [0.3, 0.4) is 0 Å². The van der Waals surface area contributed by atoms with E-state index < -0.39 is 23.1 Å². The molecule has 1 nitrogen and oxygen atoms in total. The van der Waals surface area contributed by atoms with Gasteiger partial charge < -0.3 is 0 Å². The lowest BCUT2D eigenvalue weighted by molar-refractivity contribution is 0.385. The second kappa shape index (κ2) is 4.77. The van der Waals surface area contributed by atoms with Gasteiger partial charge in [0, 0.05) is 10.8 Å². The second-order valence-corrected chi connectivity index (χ2v) is 3.88. The Balaban J connectivity index is 3.44. The molecule has 10 heavy (non-hydrogen) atoms. The Morgan fingerprint density at radius 2 is 1.50 bits per heavy atom. The lowest BCUT2D eigenvalue weighted by Crippen LogP contribution is -2.15. The molecular weight excluding hydrogens is 158 g/mol. The van der Waals surface area contributed by atoms with E-state index in [2.05, 4.69) is 0 Å². The van der Waals surface area contributed by atoms with Crippen molar-refractivity contribution in [2.45, 2.75) is 26.2 Å². The Morgan fingerprint density at radius 3 is 1.70 bits per heavy atom. The van der Waals surface area contributed by atoms with Gasteiger partial charge >= 0.3 is 0 Å². The fourth-order valence-electron chi connectivity index (χ4n) is 0.580. The van der Waals surface area contributed by atoms with Crippen LogP contribution in [0.4, 0.5) is 8.78 Å². The van der Waals surface area contributed by atoms with Crippen molar-refractivity contribution in [1.82, 2.24) is 0 Å². The first-order chi connectivity index (χ1) is 4.52. The summed E-state index contributed by atoms with van der Waals surface area (Å²) in [6, 6.07) is 0. The summed E-state index contributed by atoms with van der Waals surface area (Å²) >= 11 is 0. The van der Waals surface area contributed by atoms with E-state index in [0.717, 1.165) is 0 Å². The number of rotatable bonds is 4. The van der Waals surface area contributed by atoms with Crippen LogP contribution in [0.2, 0.25) is 0 Å². The van der Waals surface area contributed by atoms with E-state index >= 15 is 0 Å². The van der Waals surface area contributed by atoms with Crippen LogP contribution < -0.4 is 0 Å². The fourth-order valence-corrected chi connectivity index (χ4v) is 1.74. The smallest absolute Gasteiger partial charge is 0.109 e. The molecular formula is C6H12F2OS. The quantitative estimate of drug-likeness (QED) is 0.624. The Labute approximate surface area is 62.3 Å². The number of hydrogen-bond acceptors (Lipinski definition) is 1. The second-order valence-electron chi connectivity index (χ2n) is 2.33.